The van der Waals surface area contributed by atoms with E-state index >= 15 is 0 Å². The van der Waals surface area contributed by atoms with Crippen molar-refractivity contribution in [2.24, 2.45) is 0 Å². The van der Waals surface area contributed by atoms with Crippen LogP contribution in [-0.4, -0.2) is 66.4 Å². The summed E-state index contributed by atoms with van der Waals surface area (Å²) in [5.74, 6) is 1.36. The molecule has 4 N–H and O–H groups in total. The summed E-state index contributed by atoms with van der Waals surface area (Å²) in [6.07, 6.45) is -0.303. The fourth-order valence-electron chi connectivity index (χ4n) is 6.62. The number of anilines is 2. The minimum absolute atomic E-state index is 0.0187. The van der Waals surface area contributed by atoms with Crippen LogP contribution >= 0.6 is 11.6 Å². The zero-order chi connectivity index (χ0) is 30.0. The van der Waals surface area contributed by atoms with Gasteiger partial charge in [-0.25, -0.2) is 0 Å². The molecule has 0 radical (unpaired) electrons. The lowest BCUT2D eigenvalue weighted by Gasteiger charge is -2.25. The minimum atomic E-state index is -1.10. The smallest absolute Gasteiger partial charge is 0.274 e. The number of hydrogen-bond acceptors (Lipinski definition) is 7. The lowest BCUT2D eigenvalue weighted by molar-refractivity contribution is 0.0985. The Morgan fingerprint density at radius 1 is 1.02 bits per heavy atom. The molecule has 3 aromatic carbocycles. The van der Waals surface area contributed by atoms with Crippen molar-refractivity contribution < 1.29 is 29.2 Å². The molecule has 0 fully saturated rings. The van der Waals surface area contributed by atoms with E-state index in [0.29, 0.717) is 69.7 Å². The molecule has 10 nitrogen and oxygen atoms in total. The van der Waals surface area contributed by atoms with Crippen molar-refractivity contribution in [3.63, 3.8) is 0 Å². The topological polar surface area (TPSA) is 123 Å². The van der Waals surface area contributed by atoms with E-state index in [9.17, 15) is 15.0 Å². The van der Waals surface area contributed by atoms with Gasteiger partial charge in [-0.2, -0.15) is 0 Å². The summed E-state index contributed by atoms with van der Waals surface area (Å²) >= 11 is 6.48. The van der Waals surface area contributed by atoms with Crippen molar-refractivity contribution in [1.82, 2.24) is 9.97 Å². The molecule has 5 aromatic rings. The van der Waals surface area contributed by atoms with Gasteiger partial charge in [0.25, 0.3) is 5.91 Å². The molecule has 2 aromatic heterocycles. The fraction of sp³-hybridized carbons (Fsp3) is 0.281. The highest BCUT2D eigenvalue weighted by atomic mass is 35.5. The molecule has 0 saturated heterocycles. The van der Waals surface area contributed by atoms with E-state index < -0.39 is 6.23 Å². The van der Waals surface area contributed by atoms with Gasteiger partial charge in [-0.05, 0) is 41.8 Å². The maximum absolute atomic E-state index is 13.6. The Balaban J connectivity index is 1.29. The molecule has 0 aliphatic carbocycles. The monoisotopic (exact) mass is 602 g/mol. The van der Waals surface area contributed by atoms with Gasteiger partial charge >= 0.3 is 0 Å². The molecule has 2 aliphatic rings. The first kappa shape index (κ1) is 27.3. The molecule has 0 spiro atoms. The van der Waals surface area contributed by atoms with Gasteiger partial charge in [0.05, 0.1) is 38.1 Å². The first-order chi connectivity index (χ1) is 20.9. The maximum atomic E-state index is 13.6. The number of methoxy groups -OCH3 is 3. The summed E-state index contributed by atoms with van der Waals surface area (Å²) in [6, 6.07) is 14.9. The zero-order valence-electron chi connectivity index (χ0n) is 23.9. The van der Waals surface area contributed by atoms with Gasteiger partial charge in [-0.1, -0.05) is 18.2 Å². The van der Waals surface area contributed by atoms with Crippen LogP contribution < -0.4 is 24.0 Å². The number of benzene rings is 3. The van der Waals surface area contributed by atoms with Gasteiger partial charge in [0.2, 0.25) is 5.75 Å². The lowest BCUT2D eigenvalue weighted by atomic mass is 9.98. The summed E-state index contributed by atoms with van der Waals surface area (Å²) in [5, 5.41) is 24.3. The minimum Gasteiger partial charge on any atom is -0.506 e. The van der Waals surface area contributed by atoms with E-state index in [1.54, 1.807) is 36.2 Å². The van der Waals surface area contributed by atoms with E-state index in [1.165, 1.54) is 7.11 Å². The Bertz CT molecular complexity index is 1900. The molecule has 11 heteroatoms. The number of amides is 1. The number of para-hydroxylation sites is 1. The van der Waals surface area contributed by atoms with Crippen LogP contribution in [0.5, 0.6) is 23.0 Å². The van der Waals surface area contributed by atoms with Crippen molar-refractivity contribution in [2.75, 3.05) is 50.1 Å². The molecule has 1 amide bonds. The molecular formula is C32H31ClN4O6. The Labute approximate surface area is 252 Å². The van der Waals surface area contributed by atoms with Crippen LogP contribution in [-0.2, 0) is 6.42 Å². The number of nitrogens with zero attached hydrogens (tertiary/aromatic N) is 2. The first-order valence-corrected chi connectivity index (χ1v) is 14.5. The largest absolute Gasteiger partial charge is 0.506 e. The zero-order valence-corrected chi connectivity index (χ0v) is 24.7. The number of aromatic amines is 2. The molecule has 43 heavy (non-hydrogen) atoms. The number of aromatic nitrogens is 2. The molecule has 222 valence electrons. The molecule has 1 unspecified atom stereocenters. The second-order valence-corrected chi connectivity index (χ2v) is 11.2. The Kier molecular flexibility index (Phi) is 6.55. The van der Waals surface area contributed by atoms with Crippen LogP contribution in [0.25, 0.3) is 21.8 Å². The highest BCUT2D eigenvalue weighted by Gasteiger charge is 2.37. The number of phenolic OH excluding ortho intramolecular Hbond substituents is 1. The quantitative estimate of drug-likeness (QED) is 0.184. The van der Waals surface area contributed by atoms with Crippen molar-refractivity contribution in [3.05, 3.63) is 71.0 Å². The molecular weight excluding hydrogens is 572 g/mol. The number of halogens is 1. The molecule has 0 bridgehead atoms. The number of alkyl halides is 1. The van der Waals surface area contributed by atoms with Crippen LogP contribution in [0, 0.1) is 0 Å². The number of nitrogens with one attached hydrogen (secondary N) is 2. The number of rotatable bonds is 7. The van der Waals surface area contributed by atoms with E-state index in [4.69, 9.17) is 25.8 Å². The Morgan fingerprint density at radius 3 is 2.56 bits per heavy atom. The van der Waals surface area contributed by atoms with Gasteiger partial charge in [-0.15, -0.1) is 11.6 Å². The van der Waals surface area contributed by atoms with Crippen LogP contribution in [0.1, 0.15) is 39.5 Å². The number of aromatic hydroxyl groups is 1. The number of ether oxygens (including phenoxy) is 3. The number of aliphatic hydroxyl groups excluding tert-OH is 1. The van der Waals surface area contributed by atoms with Gasteiger partial charge in [-0.3, -0.25) is 4.79 Å². The van der Waals surface area contributed by atoms with Crippen LogP contribution in [0.2, 0.25) is 0 Å². The number of phenols is 1. The summed E-state index contributed by atoms with van der Waals surface area (Å²) in [7, 11) is 4.63. The van der Waals surface area contributed by atoms with E-state index in [0.717, 1.165) is 28.6 Å². The highest BCUT2D eigenvalue weighted by molar-refractivity contribution is 6.19. The van der Waals surface area contributed by atoms with Crippen molar-refractivity contribution in [2.45, 2.75) is 18.6 Å². The molecule has 2 aliphatic heterocycles. The molecule has 4 heterocycles. The van der Waals surface area contributed by atoms with Crippen molar-refractivity contribution in [3.8, 4) is 23.0 Å². The van der Waals surface area contributed by atoms with Gasteiger partial charge in [0.15, 0.2) is 17.7 Å². The third kappa shape index (κ3) is 4.08. The van der Waals surface area contributed by atoms with Crippen molar-refractivity contribution >= 4 is 50.7 Å². The van der Waals surface area contributed by atoms with E-state index in [-0.39, 0.29) is 17.6 Å². The number of aliphatic hydroxyl groups is 1. The van der Waals surface area contributed by atoms with E-state index in [1.807, 2.05) is 36.4 Å². The second-order valence-electron chi connectivity index (χ2n) is 10.8. The molecule has 7 rings (SSSR count). The molecule has 0 saturated carbocycles. The molecule has 2 atom stereocenters. The number of carbonyl (C=O) groups is 1. The lowest BCUT2D eigenvalue weighted by Crippen LogP contribution is -2.29. The highest BCUT2D eigenvalue weighted by Crippen LogP contribution is 2.49. The summed E-state index contributed by atoms with van der Waals surface area (Å²) < 4.78 is 16.6. The first-order valence-electron chi connectivity index (χ1n) is 14.0. The number of carbonyl (C=O) groups excluding carboxylic acids is 1. The second kappa shape index (κ2) is 10.3. The van der Waals surface area contributed by atoms with Crippen molar-refractivity contribution in [1.29, 1.82) is 0 Å². The fourth-order valence-corrected chi connectivity index (χ4v) is 6.87. The Hall–Kier alpha value is -4.54. The number of hydrogen-bond donors (Lipinski definition) is 4. The third-order valence-electron chi connectivity index (χ3n) is 8.61. The van der Waals surface area contributed by atoms with Gasteiger partial charge in [0, 0.05) is 53.1 Å². The van der Waals surface area contributed by atoms with Crippen LogP contribution in [0.15, 0.2) is 48.5 Å². The summed E-state index contributed by atoms with van der Waals surface area (Å²) in [5.41, 5.74) is 5.57. The summed E-state index contributed by atoms with van der Waals surface area (Å²) in [4.78, 5) is 23.7. The third-order valence-corrected chi connectivity index (χ3v) is 8.98. The standard InChI is InChI=1S/C32H31ClN4O6/c1-41-25-11-17-10-20(34-27(17)30(43-3)29(25)42-2)32(40)37-15-18(14-33)26-19-12-21(35-28(19)24(38)13-23(26)37)31(39)36-9-8-16-6-4-5-7-22(16)36/h4-7,10-13,18,32,34-35,38,40H,8-9,14-15H2,1-3H3/t18-,32?/m1/s1. The predicted octanol–water partition coefficient (Wildman–Crippen LogP) is 5.42. The average Bonchev–Trinajstić information content (AvgIpc) is 3.82. The normalized spacial score (nSPS) is 16.5. The number of fused-ring (bicyclic) bond motifs is 5. The SMILES string of the molecule is COc1cc2cc(C(O)N3C[C@@H](CCl)c4c3cc(O)c3[nH]c(C(=O)N5CCc6ccccc65)cc43)[nH]c2c(OC)c1OC. The van der Waals surface area contributed by atoms with Crippen LogP contribution in [0.3, 0.4) is 0 Å². The van der Waals surface area contributed by atoms with Crippen LogP contribution in [0.4, 0.5) is 11.4 Å². The maximum Gasteiger partial charge on any atom is 0.274 e. The average molecular weight is 603 g/mol. The van der Waals surface area contributed by atoms with Gasteiger partial charge in [0.1, 0.15) is 11.4 Å². The Morgan fingerprint density at radius 2 is 1.81 bits per heavy atom. The predicted molar refractivity (Wildman–Crippen MR) is 166 cm³/mol. The van der Waals surface area contributed by atoms with E-state index in [2.05, 4.69) is 9.97 Å². The summed E-state index contributed by atoms with van der Waals surface area (Å²) in [6.45, 7) is 1.00. The van der Waals surface area contributed by atoms with Gasteiger partial charge < -0.3 is 44.2 Å². The number of H-pyrrole nitrogens is 2.